The zero-order valence-corrected chi connectivity index (χ0v) is 13.0. The van der Waals surface area contributed by atoms with E-state index < -0.39 is 0 Å². The van der Waals surface area contributed by atoms with Crippen LogP contribution >= 0.6 is 11.3 Å². The van der Waals surface area contributed by atoms with Crippen LogP contribution in [0.2, 0.25) is 0 Å². The van der Waals surface area contributed by atoms with Crippen molar-refractivity contribution >= 4 is 21.4 Å². The number of nitrogens with two attached hydrogens (primary N) is 1. The van der Waals surface area contributed by atoms with Crippen molar-refractivity contribution in [2.75, 3.05) is 0 Å². The largest absolute Gasteiger partial charge is 0.271 e. The molecule has 2 aromatic carbocycles. The Balaban J connectivity index is 1.76. The minimum absolute atomic E-state index is 0.255. The molecule has 1 atom stereocenters. The highest BCUT2D eigenvalue weighted by Gasteiger charge is 2.12. The number of aryl methyl sites for hydroxylation is 1. The maximum Gasteiger partial charge on any atom is 0.0345 e. The first kappa shape index (κ1) is 14.3. The second-order valence-corrected chi connectivity index (χ2v) is 6.43. The molecular weight excluding hydrogens is 276 g/mol. The summed E-state index contributed by atoms with van der Waals surface area (Å²) in [7, 11) is 0. The molecule has 21 heavy (non-hydrogen) atoms. The van der Waals surface area contributed by atoms with Crippen molar-refractivity contribution in [3.8, 4) is 0 Å². The molecule has 0 saturated carbocycles. The molecule has 0 aliphatic heterocycles. The summed E-state index contributed by atoms with van der Waals surface area (Å²) in [5.41, 5.74) is 6.97. The molecule has 2 nitrogen and oxygen atoms in total. The first-order valence-electron chi connectivity index (χ1n) is 7.23. The summed E-state index contributed by atoms with van der Waals surface area (Å²) in [5.74, 6) is 5.76. The number of thiophene rings is 1. The van der Waals surface area contributed by atoms with Gasteiger partial charge in [-0.15, -0.1) is 11.3 Å². The van der Waals surface area contributed by atoms with Crippen LogP contribution in [0.4, 0.5) is 0 Å². The highest BCUT2D eigenvalue weighted by Crippen LogP contribution is 2.26. The van der Waals surface area contributed by atoms with Crippen molar-refractivity contribution in [2.45, 2.75) is 25.8 Å². The molecule has 0 aliphatic carbocycles. The third kappa shape index (κ3) is 3.32. The molecule has 0 spiro atoms. The Hall–Kier alpha value is -1.68. The molecular formula is C18H20N2S. The number of hydrogen-bond acceptors (Lipinski definition) is 3. The summed E-state index contributed by atoms with van der Waals surface area (Å²) in [5, 5.41) is 3.61. The van der Waals surface area contributed by atoms with Crippen LogP contribution in [0.1, 0.15) is 16.7 Å². The normalized spacial score (nSPS) is 12.7. The van der Waals surface area contributed by atoms with Gasteiger partial charge in [0.05, 0.1) is 0 Å². The highest BCUT2D eigenvalue weighted by atomic mass is 32.1. The lowest BCUT2D eigenvalue weighted by Crippen LogP contribution is -2.38. The van der Waals surface area contributed by atoms with Gasteiger partial charge in [0.2, 0.25) is 0 Å². The second-order valence-electron chi connectivity index (χ2n) is 5.51. The van der Waals surface area contributed by atoms with Gasteiger partial charge in [0.15, 0.2) is 0 Å². The molecule has 0 amide bonds. The molecule has 1 unspecified atom stereocenters. The predicted octanol–water partition coefficient (Wildman–Crippen LogP) is 3.83. The van der Waals surface area contributed by atoms with Crippen LogP contribution in [0.5, 0.6) is 0 Å². The molecule has 0 saturated heterocycles. The summed E-state index contributed by atoms with van der Waals surface area (Å²) < 4.78 is 1.35. The van der Waals surface area contributed by atoms with Crippen molar-refractivity contribution in [1.82, 2.24) is 5.43 Å². The maximum absolute atomic E-state index is 5.76. The zero-order chi connectivity index (χ0) is 14.7. The first-order chi connectivity index (χ1) is 10.3. The summed E-state index contributed by atoms with van der Waals surface area (Å²) in [6, 6.07) is 17.5. The summed E-state index contributed by atoms with van der Waals surface area (Å²) in [6.45, 7) is 2.11. The van der Waals surface area contributed by atoms with Crippen molar-refractivity contribution < 1.29 is 0 Å². The van der Waals surface area contributed by atoms with Crippen LogP contribution in [-0.2, 0) is 12.8 Å². The van der Waals surface area contributed by atoms with Gasteiger partial charge < -0.3 is 0 Å². The summed E-state index contributed by atoms with van der Waals surface area (Å²) >= 11 is 1.81. The summed E-state index contributed by atoms with van der Waals surface area (Å²) in [4.78, 5) is 0. The minimum Gasteiger partial charge on any atom is -0.271 e. The average molecular weight is 296 g/mol. The summed E-state index contributed by atoms with van der Waals surface area (Å²) in [6.07, 6.45) is 1.90. The topological polar surface area (TPSA) is 38.0 Å². The molecule has 1 aromatic heterocycles. The Labute approximate surface area is 129 Å². The number of rotatable bonds is 5. The van der Waals surface area contributed by atoms with E-state index in [9.17, 15) is 0 Å². The molecule has 0 bridgehead atoms. The van der Waals surface area contributed by atoms with Crippen LogP contribution in [0.15, 0.2) is 53.9 Å². The maximum atomic E-state index is 5.76. The third-order valence-electron chi connectivity index (χ3n) is 3.87. The van der Waals surface area contributed by atoms with Crippen molar-refractivity contribution in [2.24, 2.45) is 5.84 Å². The lowest BCUT2D eigenvalue weighted by molar-refractivity contribution is 0.524. The van der Waals surface area contributed by atoms with Gasteiger partial charge in [-0.2, -0.15) is 0 Å². The standard InChI is InChI=1S/C18H20N2S/c1-13-6-8-14(9-7-13)10-16(20-19)11-15-12-21-18-5-3-2-4-17(15)18/h2-9,12,16,20H,10-11,19H2,1H3. The Bertz CT molecular complexity index is 715. The van der Waals surface area contributed by atoms with Gasteiger partial charge >= 0.3 is 0 Å². The fourth-order valence-electron chi connectivity index (χ4n) is 2.66. The van der Waals surface area contributed by atoms with E-state index in [0.29, 0.717) is 0 Å². The van der Waals surface area contributed by atoms with E-state index in [1.807, 2.05) is 0 Å². The monoisotopic (exact) mass is 296 g/mol. The SMILES string of the molecule is Cc1ccc(CC(Cc2csc3ccccc23)NN)cc1. The van der Waals surface area contributed by atoms with Crippen LogP contribution in [0.25, 0.3) is 10.1 Å². The van der Waals surface area contributed by atoms with E-state index in [4.69, 9.17) is 5.84 Å². The lowest BCUT2D eigenvalue weighted by Gasteiger charge is -2.16. The van der Waals surface area contributed by atoms with Crippen LogP contribution in [0.3, 0.4) is 0 Å². The van der Waals surface area contributed by atoms with Crippen molar-refractivity contribution in [1.29, 1.82) is 0 Å². The van der Waals surface area contributed by atoms with Gasteiger partial charge in [-0.05, 0) is 47.7 Å². The fraction of sp³-hybridized carbons (Fsp3) is 0.222. The zero-order valence-electron chi connectivity index (χ0n) is 12.2. The van der Waals surface area contributed by atoms with Gasteiger partial charge in [0.1, 0.15) is 0 Å². The fourth-order valence-corrected chi connectivity index (χ4v) is 3.63. The van der Waals surface area contributed by atoms with E-state index >= 15 is 0 Å². The number of hydrogen-bond donors (Lipinski definition) is 2. The Kier molecular flexibility index (Phi) is 4.34. The van der Waals surface area contributed by atoms with E-state index in [-0.39, 0.29) is 6.04 Å². The number of hydrazine groups is 1. The average Bonchev–Trinajstić information content (AvgIpc) is 2.92. The molecule has 0 fully saturated rings. The van der Waals surface area contributed by atoms with Crippen LogP contribution < -0.4 is 11.3 Å². The van der Waals surface area contributed by atoms with Gasteiger partial charge in [-0.25, -0.2) is 0 Å². The lowest BCUT2D eigenvalue weighted by atomic mass is 9.98. The molecule has 3 aromatic rings. The van der Waals surface area contributed by atoms with E-state index in [2.05, 4.69) is 66.3 Å². The van der Waals surface area contributed by atoms with Crippen LogP contribution in [0, 0.1) is 6.92 Å². The van der Waals surface area contributed by atoms with E-state index in [1.54, 1.807) is 11.3 Å². The van der Waals surface area contributed by atoms with Gasteiger partial charge in [-0.1, -0.05) is 48.0 Å². The Morgan fingerprint density at radius 3 is 2.57 bits per heavy atom. The van der Waals surface area contributed by atoms with E-state index in [0.717, 1.165) is 12.8 Å². The third-order valence-corrected chi connectivity index (χ3v) is 4.88. The van der Waals surface area contributed by atoms with Crippen molar-refractivity contribution in [3.63, 3.8) is 0 Å². The van der Waals surface area contributed by atoms with Crippen molar-refractivity contribution in [3.05, 3.63) is 70.6 Å². The molecule has 1 heterocycles. The first-order valence-corrected chi connectivity index (χ1v) is 8.11. The number of fused-ring (bicyclic) bond motifs is 1. The Morgan fingerprint density at radius 2 is 1.81 bits per heavy atom. The minimum atomic E-state index is 0.255. The Morgan fingerprint density at radius 1 is 1.05 bits per heavy atom. The van der Waals surface area contributed by atoms with Gasteiger partial charge in [0, 0.05) is 10.7 Å². The van der Waals surface area contributed by atoms with Crippen LogP contribution in [-0.4, -0.2) is 6.04 Å². The molecule has 0 radical (unpaired) electrons. The van der Waals surface area contributed by atoms with Gasteiger partial charge in [0.25, 0.3) is 0 Å². The second kappa shape index (κ2) is 6.39. The molecule has 3 heteroatoms. The number of benzene rings is 2. The quantitative estimate of drug-likeness (QED) is 0.555. The predicted molar refractivity (Wildman–Crippen MR) is 91.5 cm³/mol. The van der Waals surface area contributed by atoms with E-state index in [1.165, 1.54) is 26.8 Å². The molecule has 108 valence electrons. The number of nitrogens with one attached hydrogen (secondary N) is 1. The highest BCUT2D eigenvalue weighted by molar-refractivity contribution is 7.17. The smallest absolute Gasteiger partial charge is 0.0345 e. The molecule has 0 aliphatic rings. The van der Waals surface area contributed by atoms with Gasteiger partial charge in [-0.3, -0.25) is 11.3 Å². The molecule has 3 rings (SSSR count). The molecule has 3 N–H and O–H groups in total.